The lowest BCUT2D eigenvalue weighted by Crippen LogP contribution is -2.36. The van der Waals surface area contributed by atoms with E-state index in [2.05, 4.69) is 15.9 Å². The molecule has 5 nitrogen and oxygen atoms in total. The maximum atomic E-state index is 11.0. The molecule has 0 aliphatic carbocycles. The van der Waals surface area contributed by atoms with Crippen LogP contribution in [0, 0.1) is 10.8 Å². The van der Waals surface area contributed by atoms with Gasteiger partial charge in [0.25, 0.3) is 0 Å². The summed E-state index contributed by atoms with van der Waals surface area (Å²) in [7, 11) is 0. The summed E-state index contributed by atoms with van der Waals surface area (Å²) in [6.07, 6.45) is 9.13. The van der Waals surface area contributed by atoms with Crippen molar-refractivity contribution in [2.45, 2.75) is 103 Å². The van der Waals surface area contributed by atoms with Crippen molar-refractivity contribution in [1.29, 1.82) is 0 Å². The summed E-state index contributed by atoms with van der Waals surface area (Å²) >= 11 is 3.26. The lowest BCUT2D eigenvalue weighted by atomic mass is 9.81. The van der Waals surface area contributed by atoms with Crippen LogP contribution >= 0.6 is 15.9 Å². The molecule has 0 aromatic heterocycles. The van der Waals surface area contributed by atoms with E-state index in [1.807, 2.05) is 13.8 Å². The van der Waals surface area contributed by atoms with Gasteiger partial charge < -0.3 is 15.3 Å². The topological polar surface area (TPSA) is 94.8 Å². The van der Waals surface area contributed by atoms with Gasteiger partial charge in [-0.25, -0.2) is 4.79 Å². The Hall–Kier alpha value is -0.620. The van der Waals surface area contributed by atoms with E-state index in [0.29, 0.717) is 6.42 Å². The van der Waals surface area contributed by atoms with Gasteiger partial charge in [-0.15, -0.1) is 0 Å². The highest BCUT2D eigenvalue weighted by Gasteiger charge is 2.33. The fourth-order valence-electron chi connectivity index (χ4n) is 3.15. The van der Waals surface area contributed by atoms with Gasteiger partial charge >= 0.3 is 11.9 Å². The summed E-state index contributed by atoms with van der Waals surface area (Å²) in [5, 5.41) is 27.6. The van der Waals surface area contributed by atoms with Crippen molar-refractivity contribution in [1.82, 2.24) is 0 Å². The average molecular weight is 437 g/mol. The molecule has 0 rings (SSSR count). The van der Waals surface area contributed by atoms with Gasteiger partial charge in [0, 0.05) is 5.41 Å². The number of aliphatic hydroxyl groups is 1. The molecule has 0 aromatic rings. The predicted molar refractivity (Wildman–Crippen MR) is 108 cm³/mol. The van der Waals surface area contributed by atoms with Crippen LogP contribution in [-0.4, -0.2) is 38.2 Å². The molecule has 154 valence electrons. The quantitative estimate of drug-likeness (QED) is 0.241. The number of aliphatic hydroxyl groups excluding tert-OH is 1. The van der Waals surface area contributed by atoms with E-state index >= 15 is 0 Å². The van der Waals surface area contributed by atoms with Crippen LogP contribution in [0.3, 0.4) is 0 Å². The number of carbonyl (C=O) groups is 2. The van der Waals surface area contributed by atoms with Crippen molar-refractivity contribution in [2.24, 2.45) is 10.8 Å². The molecule has 3 N–H and O–H groups in total. The minimum absolute atomic E-state index is 0.237. The third-order valence-electron chi connectivity index (χ3n) is 5.27. The molecule has 0 radical (unpaired) electrons. The standard InChI is InChI=1S/C20H37BrO5/c1-19(2,15(21)17(23)24)13-11-9-7-5-6-8-10-12-14-20(3,4)16(22)18(25)26/h15-16,22H,5-14H2,1-4H3,(H,23,24)(H,25,26)/t15-,16-/m0/s1. The first-order chi connectivity index (χ1) is 11.9. The number of carboxylic acids is 2. The second kappa shape index (κ2) is 12.0. The number of alkyl halides is 1. The maximum Gasteiger partial charge on any atom is 0.333 e. The second-order valence-corrected chi connectivity index (χ2v) is 9.66. The number of carboxylic acid groups (broad SMARTS) is 2. The highest BCUT2D eigenvalue weighted by molar-refractivity contribution is 9.10. The fraction of sp³-hybridized carbons (Fsp3) is 0.900. The van der Waals surface area contributed by atoms with E-state index in [0.717, 1.165) is 38.5 Å². The Morgan fingerprint density at radius 1 is 0.731 bits per heavy atom. The zero-order chi connectivity index (χ0) is 20.4. The zero-order valence-electron chi connectivity index (χ0n) is 16.8. The molecule has 0 saturated carbocycles. The van der Waals surface area contributed by atoms with Gasteiger partial charge in [0.1, 0.15) is 4.83 Å². The number of unbranched alkanes of at least 4 members (excludes halogenated alkanes) is 7. The lowest BCUT2D eigenvalue weighted by Gasteiger charge is -2.27. The largest absolute Gasteiger partial charge is 0.480 e. The summed E-state index contributed by atoms with van der Waals surface area (Å²) in [6, 6.07) is 0. The molecule has 0 fully saturated rings. The van der Waals surface area contributed by atoms with E-state index in [4.69, 9.17) is 10.2 Å². The van der Waals surface area contributed by atoms with Crippen LogP contribution in [-0.2, 0) is 9.59 Å². The molecule has 0 aliphatic heterocycles. The molecule has 0 amide bonds. The Morgan fingerprint density at radius 3 is 1.42 bits per heavy atom. The van der Waals surface area contributed by atoms with Crippen molar-refractivity contribution < 1.29 is 24.9 Å². The van der Waals surface area contributed by atoms with Gasteiger partial charge in [-0.1, -0.05) is 95.0 Å². The van der Waals surface area contributed by atoms with Crippen LogP contribution in [0.15, 0.2) is 0 Å². The maximum absolute atomic E-state index is 11.0. The fourth-order valence-corrected chi connectivity index (χ4v) is 3.38. The Bertz CT molecular complexity index is 394. The molecule has 6 heteroatoms. The van der Waals surface area contributed by atoms with E-state index in [9.17, 15) is 14.7 Å². The summed E-state index contributed by atoms with van der Waals surface area (Å²) in [6.45, 7) is 7.58. The normalized spacial score (nSPS) is 14.8. The van der Waals surface area contributed by atoms with Crippen molar-refractivity contribution in [3.63, 3.8) is 0 Å². The summed E-state index contributed by atoms with van der Waals surface area (Å²) < 4.78 is 0. The lowest BCUT2D eigenvalue weighted by molar-refractivity contribution is -0.153. The van der Waals surface area contributed by atoms with Crippen molar-refractivity contribution in [3.05, 3.63) is 0 Å². The number of halogens is 1. The van der Waals surface area contributed by atoms with E-state index in [1.54, 1.807) is 13.8 Å². The highest BCUT2D eigenvalue weighted by Crippen LogP contribution is 2.33. The molecule has 26 heavy (non-hydrogen) atoms. The van der Waals surface area contributed by atoms with Crippen molar-refractivity contribution in [2.75, 3.05) is 0 Å². The minimum atomic E-state index is -1.30. The van der Waals surface area contributed by atoms with Crippen LogP contribution in [0.25, 0.3) is 0 Å². The zero-order valence-corrected chi connectivity index (χ0v) is 18.3. The third kappa shape index (κ3) is 9.91. The number of hydrogen-bond acceptors (Lipinski definition) is 3. The molecule has 0 spiro atoms. The molecular weight excluding hydrogens is 400 g/mol. The first-order valence-electron chi connectivity index (χ1n) is 9.69. The van der Waals surface area contributed by atoms with Gasteiger partial charge in [-0.2, -0.15) is 0 Å². The molecule has 0 heterocycles. The van der Waals surface area contributed by atoms with Crippen LogP contribution in [0.4, 0.5) is 0 Å². The average Bonchev–Trinajstić information content (AvgIpc) is 2.54. The molecular formula is C20H37BrO5. The van der Waals surface area contributed by atoms with Gasteiger partial charge in [0.2, 0.25) is 0 Å². The second-order valence-electron chi connectivity index (χ2n) is 8.75. The Balaban J connectivity index is 3.69. The first kappa shape index (κ1) is 25.4. The van der Waals surface area contributed by atoms with Crippen LogP contribution in [0.1, 0.15) is 91.9 Å². The van der Waals surface area contributed by atoms with Crippen LogP contribution in [0.2, 0.25) is 0 Å². The van der Waals surface area contributed by atoms with Crippen molar-refractivity contribution >= 4 is 27.9 Å². The Kier molecular flexibility index (Phi) is 11.7. The SMILES string of the molecule is CC(C)(CCCCCCCCCCC(C)(C)[C@@H](Br)C(=O)O)[C@@H](O)C(=O)O. The van der Waals surface area contributed by atoms with Gasteiger partial charge in [0.15, 0.2) is 6.10 Å². The van der Waals surface area contributed by atoms with Gasteiger partial charge in [-0.3, -0.25) is 4.79 Å². The number of rotatable bonds is 15. The van der Waals surface area contributed by atoms with Crippen LogP contribution < -0.4 is 0 Å². The first-order valence-corrected chi connectivity index (χ1v) is 10.6. The van der Waals surface area contributed by atoms with E-state index in [1.165, 1.54) is 19.3 Å². The Morgan fingerprint density at radius 2 is 1.08 bits per heavy atom. The minimum Gasteiger partial charge on any atom is -0.480 e. The van der Waals surface area contributed by atoms with E-state index < -0.39 is 28.3 Å². The molecule has 0 unspecified atom stereocenters. The predicted octanol–water partition coefficient (Wildman–Crippen LogP) is 5.23. The van der Waals surface area contributed by atoms with Gasteiger partial charge in [-0.05, 0) is 18.3 Å². The van der Waals surface area contributed by atoms with E-state index in [-0.39, 0.29) is 5.41 Å². The summed E-state index contributed by atoms with van der Waals surface area (Å²) in [5.41, 5.74) is -0.818. The Labute approximate surface area is 166 Å². The molecule has 0 saturated heterocycles. The monoisotopic (exact) mass is 436 g/mol. The molecule has 0 bridgehead atoms. The number of hydrogen-bond donors (Lipinski definition) is 3. The third-order valence-corrected chi connectivity index (χ3v) is 6.90. The van der Waals surface area contributed by atoms with Crippen molar-refractivity contribution in [3.8, 4) is 0 Å². The molecule has 0 aliphatic rings. The smallest absolute Gasteiger partial charge is 0.333 e. The van der Waals surface area contributed by atoms with Gasteiger partial charge in [0.05, 0.1) is 0 Å². The summed E-state index contributed by atoms with van der Waals surface area (Å²) in [4.78, 5) is 21.4. The number of aliphatic carboxylic acids is 2. The summed E-state index contributed by atoms with van der Waals surface area (Å²) in [5.74, 6) is -1.94. The highest BCUT2D eigenvalue weighted by atomic mass is 79.9. The van der Waals surface area contributed by atoms with Crippen LogP contribution in [0.5, 0.6) is 0 Å². The molecule has 2 atom stereocenters. The molecule has 0 aromatic carbocycles.